The molecule has 3 atom stereocenters. The van der Waals surface area contributed by atoms with Gasteiger partial charge in [-0.25, -0.2) is 0 Å². The van der Waals surface area contributed by atoms with Crippen LogP contribution in [0.25, 0.3) is 0 Å². The highest BCUT2D eigenvalue weighted by Gasteiger charge is 2.33. The molecule has 2 N–H and O–H groups in total. The highest BCUT2D eigenvalue weighted by atomic mass is 16.3. The van der Waals surface area contributed by atoms with Crippen molar-refractivity contribution in [3.63, 3.8) is 0 Å². The average Bonchev–Trinajstić information content (AvgIpc) is 2.09. The van der Waals surface area contributed by atoms with Gasteiger partial charge in [-0.2, -0.15) is 0 Å². The van der Waals surface area contributed by atoms with Gasteiger partial charge >= 0.3 is 0 Å². The van der Waals surface area contributed by atoms with E-state index in [1.54, 1.807) is 0 Å². The van der Waals surface area contributed by atoms with Crippen LogP contribution in [0.5, 0.6) is 0 Å². The molecule has 1 aliphatic rings. The van der Waals surface area contributed by atoms with Gasteiger partial charge in [0.1, 0.15) is 0 Å². The van der Waals surface area contributed by atoms with Crippen LogP contribution in [0.2, 0.25) is 0 Å². The molecule has 10 heavy (non-hydrogen) atoms. The van der Waals surface area contributed by atoms with Crippen molar-refractivity contribution in [2.45, 2.75) is 32.0 Å². The summed E-state index contributed by atoms with van der Waals surface area (Å²) in [6, 6.07) is 0. The van der Waals surface area contributed by atoms with Crippen LogP contribution in [0, 0.1) is 5.92 Å². The number of hydrogen-bond donors (Lipinski definition) is 2. The van der Waals surface area contributed by atoms with Gasteiger partial charge < -0.3 is 10.2 Å². The minimum absolute atomic E-state index is 0.120. The Morgan fingerprint density at radius 3 is 2.40 bits per heavy atom. The van der Waals surface area contributed by atoms with Crippen molar-refractivity contribution in [2.24, 2.45) is 5.92 Å². The molecular formula is C8H14O2. The fourth-order valence-corrected chi connectivity index (χ4v) is 1.57. The second-order valence-corrected chi connectivity index (χ2v) is 2.91. The molecule has 0 saturated heterocycles. The van der Waals surface area contributed by atoms with Gasteiger partial charge in [0, 0.05) is 12.3 Å². The van der Waals surface area contributed by atoms with Crippen molar-refractivity contribution in [2.75, 3.05) is 0 Å². The first-order chi connectivity index (χ1) is 4.66. The fraction of sp³-hybridized carbons (Fsp3) is 0.750. The summed E-state index contributed by atoms with van der Waals surface area (Å²) in [4.78, 5) is 0. The average molecular weight is 142 g/mol. The van der Waals surface area contributed by atoms with Crippen LogP contribution in [-0.2, 0) is 0 Å². The van der Waals surface area contributed by atoms with Gasteiger partial charge in [-0.1, -0.05) is 13.5 Å². The largest absolute Gasteiger partial charge is 0.392 e. The highest BCUT2D eigenvalue weighted by molar-refractivity contribution is 5.15. The molecule has 0 aromatic carbocycles. The molecular weight excluding hydrogens is 128 g/mol. The van der Waals surface area contributed by atoms with Gasteiger partial charge in [-0.3, -0.25) is 0 Å². The van der Waals surface area contributed by atoms with Crippen molar-refractivity contribution in [3.05, 3.63) is 12.2 Å². The minimum Gasteiger partial charge on any atom is -0.392 e. The summed E-state index contributed by atoms with van der Waals surface area (Å²) in [5.74, 6) is 0.120. The smallest absolute Gasteiger partial charge is 0.0776 e. The number of hydrogen-bond acceptors (Lipinski definition) is 2. The van der Waals surface area contributed by atoms with Crippen LogP contribution in [0.1, 0.15) is 19.8 Å². The number of aliphatic hydroxyl groups excluding tert-OH is 2. The lowest BCUT2D eigenvalue weighted by Crippen LogP contribution is -2.12. The van der Waals surface area contributed by atoms with Gasteiger partial charge in [0.2, 0.25) is 0 Å². The van der Waals surface area contributed by atoms with Crippen LogP contribution in [0.3, 0.4) is 0 Å². The first-order valence-electron chi connectivity index (χ1n) is 3.71. The molecule has 2 nitrogen and oxygen atoms in total. The normalized spacial score (nSPS) is 40.7. The molecule has 58 valence electrons. The highest BCUT2D eigenvalue weighted by Crippen LogP contribution is 2.32. The molecule has 0 heterocycles. The predicted molar refractivity (Wildman–Crippen MR) is 39.6 cm³/mol. The van der Waals surface area contributed by atoms with Gasteiger partial charge in [-0.05, 0) is 12.0 Å². The molecule has 3 unspecified atom stereocenters. The van der Waals surface area contributed by atoms with E-state index >= 15 is 0 Å². The van der Waals surface area contributed by atoms with Crippen LogP contribution >= 0.6 is 0 Å². The molecule has 1 fully saturated rings. The maximum atomic E-state index is 9.31. The minimum atomic E-state index is -0.472. The summed E-state index contributed by atoms with van der Waals surface area (Å²) >= 11 is 0. The third-order valence-electron chi connectivity index (χ3n) is 2.27. The molecule has 0 amide bonds. The van der Waals surface area contributed by atoms with Crippen molar-refractivity contribution in [1.82, 2.24) is 0 Å². The molecule has 1 rings (SSSR count). The van der Waals surface area contributed by atoms with Gasteiger partial charge in [0.05, 0.1) is 12.2 Å². The van der Waals surface area contributed by atoms with E-state index in [1.165, 1.54) is 0 Å². The zero-order chi connectivity index (χ0) is 7.72. The lowest BCUT2D eigenvalue weighted by Gasteiger charge is -2.11. The predicted octanol–water partition coefficient (Wildman–Crippen LogP) is 0.694. The van der Waals surface area contributed by atoms with Crippen LogP contribution in [-0.4, -0.2) is 22.4 Å². The Labute approximate surface area is 61.2 Å². The summed E-state index contributed by atoms with van der Waals surface area (Å²) in [5.41, 5.74) is 0.801. The van der Waals surface area contributed by atoms with E-state index < -0.39 is 6.10 Å². The molecule has 2 heteroatoms. The molecule has 0 aromatic heterocycles. The lowest BCUT2D eigenvalue weighted by molar-refractivity contribution is 0.118. The zero-order valence-corrected chi connectivity index (χ0v) is 6.25. The van der Waals surface area contributed by atoms with Crippen molar-refractivity contribution in [1.29, 1.82) is 0 Å². The van der Waals surface area contributed by atoms with E-state index in [4.69, 9.17) is 0 Å². The van der Waals surface area contributed by atoms with Gasteiger partial charge in [-0.15, -0.1) is 0 Å². The second kappa shape index (κ2) is 2.72. The maximum absolute atomic E-state index is 9.31. The fourth-order valence-electron chi connectivity index (χ4n) is 1.57. The Balaban J connectivity index is 2.64. The molecule has 0 radical (unpaired) electrons. The quantitative estimate of drug-likeness (QED) is 0.529. The molecule has 0 aromatic rings. The maximum Gasteiger partial charge on any atom is 0.0776 e. The monoisotopic (exact) mass is 142 g/mol. The van der Waals surface area contributed by atoms with E-state index in [2.05, 4.69) is 6.58 Å². The Morgan fingerprint density at radius 2 is 2.20 bits per heavy atom. The van der Waals surface area contributed by atoms with Crippen LogP contribution < -0.4 is 0 Å². The lowest BCUT2D eigenvalue weighted by atomic mass is 9.99. The zero-order valence-electron chi connectivity index (χ0n) is 6.25. The molecule has 0 aliphatic heterocycles. The molecule has 1 saturated carbocycles. The standard InChI is InChI=1S/C8H14O2/c1-3-6-5(2)7(9)4-8(6)10/h6-10H,2-4H2,1H3. The van der Waals surface area contributed by atoms with Crippen molar-refractivity contribution >= 4 is 0 Å². The van der Waals surface area contributed by atoms with Crippen molar-refractivity contribution in [3.8, 4) is 0 Å². The first-order valence-corrected chi connectivity index (χ1v) is 3.71. The van der Waals surface area contributed by atoms with Crippen LogP contribution in [0.15, 0.2) is 12.2 Å². The molecule has 0 bridgehead atoms. The van der Waals surface area contributed by atoms with E-state index in [0.717, 1.165) is 12.0 Å². The first kappa shape index (κ1) is 7.76. The van der Waals surface area contributed by atoms with E-state index in [-0.39, 0.29) is 12.0 Å². The summed E-state index contributed by atoms with van der Waals surface area (Å²) in [5, 5.41) is 18.5. The van der Waals surface area contributed by atoms with Crippen LogP contribution in [0.4, 0.5) is 0 Å². The SMILES string of the molecule is C=C1C(O)CC(O)C1CC. The topological polar surface area (TPSA) is 40.5 Å². The molecule has 1 aliphatic carbocycles. The Morgan fingerprint density at radius 1 is 1.60 bits per heavy atom. The van der Waals surface area contributed by atoms with Crippen molar-refractivity contribution < 1.29 is 10.2 Å². The third-order valence-corrected chi connectivity index (χ3v) is 2.27. The summed E-state index contributed by atoms with van der Waals surface area (Å²) in [6.07, 6.45) is 0.501. The third kappa shape index (κ3) is 1.09. The molecule has 0 spiro atoms. The number of aliphatic hydroxyl groups is 2. The van der Waals surface area contributed by atoms with Gasteiger partial charge in [0.15, 0.2) is 0 Å². The summed E-state index contributed by atoms with van der Waals surface area (Å²) in [6.45, 7) is 5.72. The number of rotatable bonds is 1. The second-order valence-electron chi connectivity index (χ2n) is 2.91. The Kier molecular flexibility index (Phi) is 2.11. The van der Waals surface area contributed by atoms with E-state index in [0.29, 0.717) is 6.42 Å². The Hall–Kier alpha value is -0.340. The van der Waals surface area contributed by atoms with E-state index in [1.807, 2.05) is 6.92 Å². The van der Waals surface area contributed by atoms with E-state index in [9.17, 15) is 10.2 Å². The summed E-state index contributed by atoms with van der Waals surface area (Å²) in [7, 11) is 0. The summed E-state index contributed by atoms with van der Waals surface area (Å²) < 4.78 is 0. The van der Waals surface area contributed by atoms with Gasteiger partial charge in [0.25, 0.3) is 0 Å². The Bertz CT molecular complexity index is 142.